The van der Waals surface area contributed by atoms with E-state index in [9.17, 15) is 27.2 Å². The third kappa shape index (κ3) is 5.06. The maximum Gasteiger partial charge on any atom is 0.419 e. The van der Waals surface area contributed by atoms with Gasteiger partial charge in [0.25, 0.3) is 0 Å². The van der Waals surface area contributed by atoms with Crippen LogP contribution in [0.5, 0.6) is 0 Å². The van der Waals surface area contributed by atoms with Crippen LogP contribution in [-0.4, -0.2) is 33.1 Å². The Balaban J connectivity index is 1.59. The van der Waals surface area contributed by atoms with E-state index in [0.29, 0.717) is 17.3 Å². The molecule has 0 N–H and O–H groups in total. The van der Waals surface area contributed by atoms with Gasteiger partial charge in [-0.25, -0.2) is 9.18 Å². The summed E-state index contributed by atoms with van der Waals surface area (Å²) in [5.41, 5.74) is 0.911. The Morgan fingerprint density at radius 3 is 2.59 bits per heavy atom. The molecule has 0 fully saturated rings. The van der Waals surface area contributed by atoms with E-state index in [2.05, 4.69) is 10.1 Å². The normalized spacial score (nSPS) is 15.4. The highest BCUT2D eigenvalue weighted by Gasteiger charge is 2.37. The summed E-state index contributed by atoms with van der Waals surface area (Å²) >= 11 is 0. The molecule has 1 unspecified atom stereocenters. The Bertz CT molecular complexity index is 1640. The van der Waals surface area contributed by atoms with Crippen LogP contribution in [-0.2, 0) is 28.5 Å². The second kappa shape index (κ2) is 10.1. The predicted molar refractivity (Wildman–Crippen MR) is 135 cm³/mol. The predicted octanol–water partition coefficient (Wildman–Crippen LogP) is 6.04. The first kappa shape index (κ1) is 26.3. The average molecular weight is 538 g/mol. The van der Waals surface area contributed by atoms with E-state index in [-0.39, 0.29) is 42.1 Å². The van der Waals surface area contributed by atoms with Crippen LogP contribution >= 0.6 is 0 Å². The van der Waals surface area contributed by atoms with Crippen molar-refractivity contribution in [1.82, 2.24) is 14.8 Å². The van der Waals surface area contributed by atoms with Crippen molar-refractivity contribution in [3.8, 4) is 0 Å². The first-order valence-electron chi connectivity index (χ1n) is 12.2. The van der Waals surface area contributed by atoms with Crippen LogP contribution < -0.4 is 0 Å². The quantitative estimate of drug-likeness (QED) is 0.222. The second-order valence-corrected chi connectivity index (χ2v) is 9.35. The van der Waals surface area contributed by atoms with Gasteiger partial charge >= 0.3 is 12.1 Å². The van der Waals surface area contributed by atoms with Gasteiger partial charge in [0, 0.05) is 41.9 Å². The number of allylic oxidation sites excluding steroid dienone is 2. The van der Waals surface area contributed by atoms with Crippen molar-refractivity contribution in [1.29, 1.82) is 0 Å². The zero-order valence-electron chi connectivity index (χ0n) is 21.1. The number of fused-ring (bicyclic) bond motifs is 2. The smallest absolute Gasteiger partial charge is 0.419 e. The zero-order chi connectivity index (χ0) is 27.9. The van der Waals surface area contributed by atoms with Crippen molar-refractivity contribution >= 4 is 22.5 Å². The number of halogens is 4. The van der Waals surface area contributed by atoms with E-state index in [1.165, 1.54) is 10.7 Å². The summed E-state index contributed by atoms with van der Waals surface area (Å²) in [5.74, 6) is -2.42. The molecular formula is C29H23F4N3O3. The van der Waals surface area contributed by atoms with Crippen LogP contribution in [0.25, 0.3) is 10.8 Å². The van der Waals surface area contributed by atoms with E-state index >= 15 is 0 Å². The largest absolute Gasteiger partial charge is 0.461 e. The molecule has 0 amide bonds. The molecule has 3 heterocycles. The Morgan fingerprint density at radius 1 is 1.08 bits per heavy atom. The molecule has 5 rings (SSSR count). The number of pyridine rings is 1. The van der Waals surface area contributed by atoms with E-state index in [0.717, 1.165) is 28.5 Å². The lowest BCUT2D eigenvalue weighted by atomic mass is 9.85. The first-order valence-corrected chi connectivity index (χ1v) is 12.2. The van der Waals surface area contributed by atoms with Crippen molar-refractivity contribution in [2.75, 3.05) is 6.61 Å². The minimum atomic E-state index is -4.88. The number of hydrogen-bond acceptors (Lipinski definition) is 5. The SMILES string of the molecule is CCOC(=O)c1cc2n(n1)C(c1ccc(C(F)(F)F)c(F)c1)C(C(=O)Cc1ccc3cnccc3c1)=C(C)C2. The van der Waals surface area contributed by atoms with Crippen LogP contribution in [0.1, 0.15) is 52.8 Å². The minimum absolute atomic E-state index is 0.00567. The van der Waals surface area contributed by atoms with Crippen LogP contribution in [0.2, 0.25) is 0 Å². The van der Waals surface area contributed by atoms with Crippen LogP contribution in [0.3, 0.4) is 0 Å². The summed E-state index contributed by atoms with van der Waals surface area (Å²) in [5, 5.41) is 6.16. The summed E-state index contributed by atoms with van der Waals surface area (Å²) in [4.78, 5) is 30.3. The molecule has 200 valence electrons. The maximum absolute atomic E-state index is 14.7. The lowest BCUT2D eigenvalue weighted by Crippen LogP contribution is -2.28. The van der Waals surface area contributed by atoms with Gasteiger partial charge in [-0.15, -0.1) is 0 Å². The van der Waals surface area contributed by atoms with Gasteiger partial charge in [0.15, 0.2) is 11.5 Å². The Kier molecular flexibility index (Phi) is 6.80. The van der Waals surface area contributed by atoms with Gasteiger partial charge < -0.3 is 4.74 Å². The fourth-order valence-corrected chi connectivity index (χ4v) is 4.97. The van der Waals surface area contributed by atoms with Crippen molar-refractivity contribution in [3.63, 3.8) is 0 Å². The summed E-state index contributed by atoms with van der Waals surface area (Å²) in [6, 6.07) is 10.4. The fourth-order valence-electron chi connectivity index (χ4n) is 4.97. The van der Waals surface area contributed by atoms with Crippen LogP contribution in [0, 0.1) is 5.82 Å². The topological polar surface area (TPSA) is 74.1 Å². The number of nitrogens with zero attached hydrogens (tertiary/aromatic N) is 3. The van der Waals surface area contributed by atoms with E-state index in [1.807, 2.05) is 24.3 Å². The molecule has 0 saturated carbocycles. The number of Topliss-reactive ketones (excluding diaryl/α,β-unsaturated/α-hetero) is 1. The highest BCUT2D eigenvalue weighted by molar-refractivity contribution is 6.00. The zero-order valence-corrected chi connectivity index (χ0v) is 21.1. The fraction of sp³-hybridized carbons (Fsp3) is 0.241. The molecule has 0 aliphatic carbocycles. The molecule has 2 aromatic carbocycles. The van der Waals surface area contributed by atoms with E-state index in [4.69, 9.17) is 4.74 Å². The van der Waals surface area contributed by atoms with Gasteiger partial charge in [0.1, 0.15) is 11.9 Å². The molecular weight excluding hydrogens is 514 g/mol. The maximum atomic E-state index is 14.7. The van der Waals surface area contributed by atoms with Gasteiger partial charge in [0.05, 0.1) is 12.2 Å². The van der Waals surface area contributed by atoms with Crippen LogP contribution in [0.15, 0.2) is 72.1 Å². The monoisotopic (exact) mass is 537 g/mol. The highest BCUT2D eigenvalue weighted by atomic mass is 19.4. The number of ether oxygens (including phenoxy) is 1. The number of ketones is 1. The van der Waals surface area contributed by atoms with Crippen molar-refractivity contribution in [3.05, 3.63) is 106 Å². The number of aromatic nitrogens is 3. The minimum Gasteiger partial charge on any atom is -0.461 e. The number of alkyl halides is 3. The third-order valence-corrected chi connectivity index (χ3v) is 6.71. The molecule has 2 aromatic heterocycles. The molecule has 1 aliphatic rings. The van der Waals surface area contributed by atoms with Gasteiger partial charge in [-0.1, -0.05) is 29.8 Å². The molecule has 1 atom stereocenters. The lowest BCUT2D eigenvalue weighted by Gasteiger charge is -2.29. The average Bonchev–Trinajstić information content (AvgIpc) is 3.31. The molecule has 0 radical (unpaired) electrons. The molecule has 0 bridgehead atoms. The summed E-state index contributed by atoms with van der Waals surface area (Å²) in [7, 11) is 0. The molecule has 10 heteroatoms. The van der Waals surface area contributed by atoms with Gasteiger partial charge in [-0.05, 0) is 54.6 Å². The molecule has 0 spiro atoms. The van der Waals surface area contributed by atoms with Gasteiger partial charge in [-0.3, -0.25) is 14.5 Å². The summed E-state index contributed by atoms with van der Waals surface area (Å²) < 4.78 is 61.0. The van der Waals surface area contributed by atoms with Crippen molar-refractivity contribution in [2.45, 2.75) is 38.9 Å². The Labute approximate surface area is 220 Å². The lowest BCUT2D eigenvalue weighted by molar-refractivity contribution is -0.140. The Hall–Kier alpha value is -4.34. The van der Waals surface area contributed by atoms with Crippen molar-refractivity contribution < 1.29 is 31.9 Å². The number of carbonyl (C=O) groups excluding carboxylic acids is 2. The highest BCUT2D eigenvalue weighted by Crippen LogP contribution is 2.39. The third-order valence-electron chi connectivity index (χ3n) is 6.71. The van der Waals surface area contributed by atoms with Crippen LogP contribution in [0.4, 0.5) is 17.6 Å². The molecule has 39 heavy (non-hydrogen) atoms. The van der Waals surface area contributed by atoms with Gasteiger partial charge in [-0.2, -0.15) is 18.3 Å². The number of hydrogen-bond donors (Lipinski definition) is 0. The molecule has 4 aromatic rings. The Morgan fingerprint density at radius 2 is 1.87 bits per heavy atom. The number of rotatable bonds is 6. The summed E-state index contributed by atoms with van der Waals surface area (Å²) in [6.07, 6.45) is -1.23. The van der Waals surface area contributed by atoms with Gasteiger partial charge in [0.2, 0.25) is 0 Å². The molecule has 6 nitrogen and oxygen atoms in total. The number of esters is 1. The second-order valence-electron chi connectivity index (χ2n) is 9.35. The van der Waals surface area contributed by atoms with E-state index in [1.54, 1.807) is 26.2 Å². The van der Waals surface area contributed by atoms with Crippen molar-refractivity contribution in [2.24, 2.45) is 0 Å². The molecule has 1 aliphatic heterocycles. The summed E-state index contributed by atoms with van der Waals surface area (Å²) in [6.45, 7) is 3.51. The van der Waals surface area contributed by atoms with E-state index < -0.39 is 29.6 Å². The standard InChI is InChI=1S/C29H23F4N3O3/c1-3-39-28(38)24-14-21-10-16(2)26(25(37)12-17-4-5-20-15-34-9-8-18(20)11-17)27(36(21)35-24)19-6-7-22(23(30)13-19)29(31,32)33/h4-9,11,13-15,27H,3,10,12H2,1-2H3. The first-order chi connectivity index (χ1) is 18.6. The number of benzene rings is 2. The number of carbonyl (C=O) groups is 2. The molecule has 0 saturated heterocycles.